The molecule has 0 aliphatic rings. The summed E-state index contributed by atoms with van der Waals surface area (Å²) in [6.07, 6.45) is 0.609. The van der Waals surface area contributed by atoms with Crippen molar-refractivity contribution < 1.29 is 13.7 Å². The lowest BCUT2D eigenvalue weighted by Gasteiger charge is -2.06. The van der Waals surface area contributed by atoms with Crippen LogP contribution < -0.4 is 4.90 Å². The first-order valence-electron chi connectivity index (χ1n) is 5.32. The Kier molecular flexibility index (Phi) is 2.92. The number of quaternary nitrogens is 1. The highest BCUT2D eigenvalue weighted by Crippen LogP contribution is 2.22. The lowest BCUT2D eigenvalue weighted by atomic mass is 10.1. The van der Waals surface area contributed by atoms with E-state index in [9.17, 15) is 8.78 Å². The van der Waals surface area contributed by atoms with Gasteiger partial charge in [0, 0.05) is 22.9 Å². The zero-order valence-corrected chi connectivity index (χ0v) is 9.40. The maximum Gasteiger partial charge on any atom is 0.195 e. The fourth-order valence-electron chi connectivity index (χ4n) is 1.81. The van der Waals surface area contributed by atoms with Gasteiger partial charge in [0.05, 0.1) is 20.6 Å². The predicted octanol–water partition coefficient (Wildman–Crippen LogP) is 1.13. The molecule has 4 heteroatoms. The van der Waals surface area contributed by atoms with Gasteiger partial charge in [-0.3, -0.25) is 0 Å². The molecule has 1 aromatic heterocycles. The Morgan fingerprint density at radius 3 is 2.69 bits per heavy atom. The van der Waals surface area contributed by atoms with Gasteiger partial charge < -0.3 is 9.88 Å². The summed E-state index contributed by atoms with van der Waals surface area (Å²) < 4.78 is 26.7. The molecule has 0 saturated heterocycles. The summed E-state index contributed by atoms with van der Waals surface area (Å²) in [7, 11) is 4.01. The molecule has 0 atom stereocenters. The molecule has 0 spiro atoms. The fraction of sp³-hybridized carbons (Fsp3) is 0.333. The van der Waals surface area contributed by atoms with Gasteiger partial charge in [0.1, 0.15) is 5.82 Å². The van der Waals surface area contributed by atoms with Crippen molar-refractivity contribution in [3.8, 4) is 0 Å². The Labute approximate surface area is 92.9 Å². The van der Waals surface area contributed by atoms with Gasteiger partial charge in [-0.15, -0.1) is 0 Å². The van der Waals surface area contributed by atoms with Crippen LogP contribution in [0, 0.1) is 11.8 Å². The molecule has 86 valence electrons. The van der Waals surface area contributed by atoms with Crippen molar-refractivity contribution in [1.29, 1.82) is 0 Å². The fourth-order valence-corrected chi connectivity index (χ4v) is 1.81. The molecule has 2 N–H and O–H groups in total. The van der Waals surface area contributed by atoms with Gasteiger partial charge >= 0.3 is 0 Å². The van der Waals surface area contributed by atoms with Gasteiger partial charge in [0.15, 0.2) is 5.95 Å². The number of rotatable bonds is 3. The zero-order chi connectivity index (χ0) is 11.7. The van der Waals surface area contributed by atoms with E-state index in [4.69, 9.17) is 0 Å². The lowest BCUT2D eigenvalue weighted by molar-refractivity contribution is -0.858. The number of hydrogen-bond acceptors (Lipinski definition) is 0. The number of aromatic nitrogens is 1. The average Bonchev–Trinajstić information content (AvgIpc) is 2.51. The van der Waals surface area contributed by atoms with Crippen molar-refractivity contribution in [3.05, 3.63) is 35.5 Å². The number of H-pyrrole nitrogens is 1. The number of benzene rings is 1. The Bertz CT molecular complexity index is 503. The van der Waals surface area contributed by atoms with Crippen molar-refractivity contribution in [2.75, 3.05) is 20.6 Å². The molecule has 0 aliphatic carbocycles. The third kappa shape index (κ3) is 2.07. The second-order valence-electron chi connectivity index (χ2n) is 4.31. The minimum Gasteiger partial charge on any atom is -0.340 e. The standard InChI is InChI=1S/C12H14F2N2/c1-16(2)6-5-9-10-7-8(13)3-4-11(10)15-12(9)14/h3-4,7,15H,5-6H2,1-2H3/p+1. The van der Waals surface area contributed by atoms with Crippen LogP contribution in [0.4, 0.5) is 8.78 Å². The molecule has 16 heavy (non-hydrogen) atoms. The van der Waals surface area contributed by atoms with Crippen LogP contribution in [0.15, 0.2) is 18.2 Å². The molecule has 0 saturated carbocycles. The molecule has 1 heterocycles. The summed E-state index contributed by atoms with van der Waals surface area (Å²) in [5.74, 6) is -0.674. The summed E-state index contributed by atoms with van der Waals surface area (Å²) in [6, 6.07) is 4.29. The molecular formula is C12H15F2N2+. The van der Waals surface area contributed by atoms with Crippen molar-refractivity contribution >= 4 is 10.9 Å². The molecule has 2 aromatic rings. The Balaban J connectivity index is 2.42. The molecule has 0 bridgehead atoms. The summed E-state index contributed by atoms with van der Waals surface area (Å²) in [5.41, 5.74) is 1.23. The van der Waals surface area contributed by atoms with E-state index in [2.05, 4.69) is 4.98 Å². The maximum atomic E-state index is 13.6. The quantitative estimate of drug-likeness (QED) is 0.781. The summed E-state index contributed by atoms with van der Waals surface area (Å²) >= 11 is 0. The zero-order valence-electron chi connectivity index (χ0n) is 9.40. The van der Waals surface area contributed by atoms with Gasteiger partial charge in [-0.2, -0.15) is 4.39 Å². The van der Waals surface area contributed by atoms with E-state index in [1.54, 1.807) is 6.07 Å². The molecule has 0 fully saturated rings. The van der Waals surface area contributed by atoms with E-state index in [0.717, 1.165) is 6.54 Å². The molecule has 2 rings (SSSR count). The molecule has 1 aromatic carbocycles. The van der Waals surface area contributed by atoms with Crippen LogP contribution in [0.5, 0.6) is 0 Å². The van der Waals surface area contributed by atoms with Gasteiger partial charge in [-0.25, -0.2) is 4.39 Å². The van der Waals surface area contributed by atoms with E-state index >= 15 is 0 Å². The first kappa shape index (κ1) is 11.1. The van der Waals surface area contributed by atoms with Crippen LogP contribution in [0.25, 0.3) is 10.9 Å². The van der Waals surface area contributed by atoms with Crippen LogP contribution in [0.2, 0.25) is 0 Å². The third-order valence-electron chi connectivity index (χ3n) is 2.69. The highest BCUT2D eigenvalue weighted by Gasteiger charge is 2.12. The van der Waals surface area contributed by atoms with Crippen LogP contribution >= 0.6 is 0 Å². The van der Waals surface area contributed by atoms with E-state index in [0.29, 0.717) is 22.9 Å². The number of likely N-dealkylation sites (N-methyl/N-ethyl adjacent to an activating group) is 1. The van der Waals surface area contributed by atoms with Gasteiger partial charge in [0.25, 0.3) is 0 Å². The van der Waals surface area contributed by atoms with Crippen LogP contribution in [0.3, 0.4) is 0 Å². The van der Waals surface area contributed by atoms with Gasteiger partial charge in [-0.1, -0.05) is 0 Å². The summed E-state index contributed by atoms with van der Waals surface area (Å²) in [4.78, 5) is 3.88. The highest BCUT2D eigenvalue weighted by atomic mass is 19.1. The number of aromatic amines is 1. The normalized spacial score (nSPS) is 11.6. The van der Waals surface area contributed by atoms with Crippen molar-refractivity contribution in [1.82, 2.24) is 4.98 Å². The first-order valence-corrected chi connectivity index (χ1v) is 5.32. The maximum absolute atomic E-state index is 13.6. The monoisotopic (exact) mass is 225 g/mol. The SMILES string of the molecule is C[NH+](C)CCc1c(F)[nH]c2ccc(F)cc12. The van der Waals surface area contributed by atoms with Gasteiger partial charge in [0.2, 0.25) is 0 Å². The Morgan fingerprint density at radius 1 is 1.25 bits per heavy atom. The van der Waals surface area contributed by atoms with Gasteiger partial charge in [-0.05, 0) is 18.2 Å². The van der Waals surface area contributed by atoms with E-state index < -0.39 is 0 Å². The Morgan fingerprint density at radius 2 is 2.00 bits per heavy atom. The third-order valence-corrected chi connectivity index (χ3v) is 2.69. The van der Waals surface area contributed by atoms with Crippen molar-refractivity contribution in [2.24, 2.45) is 0 Å². The molecule has 0 amide bonds. The molecule has 2 nitrogen and oxygen atoms in total. The minimum atomic E-state index is -0.346. The lowest BCUT2D eigenvalue weighted by Crippen LogP contribution is -3.06. The Hall–Kier alpha value is -1.42. The van der Waals surface area contributed by atoms with Crippen molar-refractivity contribution in [2.45, 2.75) is 6.42 Å². The van der Waals surface area contributed by atoms with Crippen LogP contribution in [0.1, 0.15) is 5.56 Å². The van der Waals surface area contributed by atoms with E-state index in [1.807, 2.05) is 14.1 Å². The van der Waals surface area contributed by atoms with Crippen molar-refractivity contribution in [3.63, 3.8) is 0 Å². The first-order chi connectivity index (χ1) is 7.58. The second kappa shape index (κ2) is 4.22. The van der Waals surface area contributed by atoms with E-state index in [-0.39, 0.29) is 11.8 Å². The summed E-state index contributed by atoms with van der Waals surface area (Å²) in [6.45, 7) is 0.820. The minimum absolute atomic E-state index is 0.329. The average molecular weight is 225 g/mol. The smallest absolute Gasteiger partial charge is 0.195 e. The molecule has 0 aliphatic heterocycles. The van der Waals surface area contributed by atoms with Crippen LogP contribution in [-0.4, -0.2) is 25.6 Å². The molecule has 0 radical (unpaired) electrons. The van der Waals surface area contributed by atoms with E-state index in [1.165, 1.54) is 17.0 Å². The number of hydrogen-bond donors (Lipinski definition) is 2. The number of halogens is 2. The molecule has 0 unspecified atom stereocenters. The summed E-state index contributed by atoms with van der Waals surface area (Å²) in [5, 5.41) is 0.652. The largest absolute Gasteiger partial charge is 0.340 e. The predicted molar refractivity (Wildman–Crippen MR) is 59.6 cm³/mol. The molecular weight excluding hydrogens is 210 g/mol. The second-order valence-corrected chi connectivity index (χ2v) is 4.31. The number of fused-ring (bicyclic) bond motifs is 1. The van der Waals surface area contributed by atoms with Crippen LogP contribution in [-0.2, 0) is 6.42 Å². The highest BCUT2D eigenvalue weighted by molar-refractivity contribution is 5.83. The topological polar surface area (TPSA) is 20.2 Å². The number of nitrogens with one attached hydrogen (secondary N) is 2.